The first-order valence-electron chi connectivity index (χ1n) is 11.1. The number of nitrogens with zero attached hydrogens (tertiary/aromatic N) is 2. The Morgan fingerprint density at radius 1 is 1.07 bits per heavy atom. The zero-order valence-corrected chi connectivity index (χ0v) is 17.1. The molecule has 152 valence electrons. The normalized spacial score (nSPS) is 19.3. The number of primary amides is 1. The van der Waals surface area contributed by atoms with Crippen LogP contribution in [0.15, 0.2) is 36.5 Å². The van der Waals surface area contributed by atoms with E-state index in [0.29, 0.717) is 6.04 Å². The molecule has 1 amide bonds. The van der Waals surface area contributed by atoms with Gasteiger partial charge in [-0.3, -0.25) is 14.8 Å². The van der Waals surface area contributed by atoms with E-state index in [1.807, 2.05) is 12.1 Å². The fourth-order valence-corrected chi connectivity index (χ4v) is 4.83. The first-order valence-corrected chi connectivity index (χ1v) is 11.1. The van der Waals surface area contributed by atoms with Crippen LogP contribution in [0.5, 0.6) is 0 Å². The quantitative estimate of drug-likeness (QED) is 0.673. The van der Waals surface area contributed by atoms with Gasteiger partial charge in [0.25, 0.3) is 0 Å². The number of hydrogen-bond acceptors (Lipinski definition) is 4. The van der Waals surface area contributed by atoms with Gasteiger partial charge in [0.1, 0.15) is 0 Å². The molecule has 30 heavy (non-hydrogen) atoms. The summed E-state index contributed by atoms with van der Waals surface area (Å²) < 4.78 is 0. The number of nitrogens with one attached hydrogen (secondary N) is 1. The van der Waals surface area contributed by atoms with Crippen LogP contribution >= 0.6 is 0 Å². The largest absolute Gasteiger partial charge is 0.381 e. The molecule has 1 aromatic carbocycles. The van der Waals surface area contributed by atoms with Gasteiger partial charge in [0.15, 0.2) is 0 Å². The molecule has 0 atom stereocenters. The second-order valence-electron chi connectivity index (χ2n) is 9.15. The van der Waals surface area contributed by atoms with Gasteiger partial charge >= 0.3 is 0 Å². The van der Waals surface area contributed by atoms with Crippen LogP contribution in [0.2, 0.25) is 0 Å². The minimum absolute atomic E-state index is 0.266. The van der Waals surface area contributed by atoms with Crippen LogP contribution < -0.4 is 11.1 Å². The van der Waals surface area contributed by atoms with Gasteiger partial charge in [-0.05, 0) is 92.3 Å². The number of benzene rings is 1. The van der Waals surface area contributed by atoms with Crippen LogP contribution in [-0.2, 0) is 23.1 Å². The number of aryl methyl sites for hydroxylation is 1. The molecule has 5 nitrogen and oxygen atoms in total. The van der Waals surface area contributed by atoms with Gasteiger partial charge in [0.05, 0.1) is 16.6 Å². The van der Waals surface area contributed by atoms with Crippen molar-refractivity contribution in [1.29, 1.82) is 0 Å². The lowest BCUT2D eigenvalue weighted by atomic mass is 9.91. The molecule has 3 aliphatic rings. The molecule has 0 spiro atoms. The molecule has 0 saturated heterocycles. The highest BCUT2D eigenvalue weighted by Gasteiger charge is 2.51. The van der Waals surface area contributed by atoms with Gasteiger partial charge in [-0.1, -0.05) is 6.07 Å². The zero-order valence-electron chi connectivity index (χ0n) is 17.1. The molecule has 0 unspecified atom stereocenters. The van der Waals surface area contributed by atoms with Gasteiger partial charge in [-0.25, -0.2) is 0 Å². The minimum atomic E-state index is -0.563. The molecule has 3 aliphatic carbocycles. The van der Waals surface area contributed by atoms with Crippen molar-refractivity contribution in [1.82, 2.24) is 9.97 Å². The van der Waals surface area contributed by atoms with Gasteiger partial charge in [0, 0.05) is 29.0 Å². The lowest BCUT2D eigenvalue weighted by molar-refractivity contribution is -0.120. The summed E-state index contributed by atoms with van der Waals surface area (Å²) >= 11 is 0. The zero-order chi connectivity index (χ0) is 20.3. The SMILES string of the molecule is NC(=O)C1(c2cc(-c3ccc4nc5c(c(NC6CC6)c4c3)CCCC5)ccn2)CC1. The van der Waals surface area contributed by atoms with Crippen molar-refractivity contribution in [2.24, 2.45) is 5.73 Å². The lowest BCUT2D eigenvalue weighted by Gasteiger charge is -2.22. The third kappa shape index (κ3) is 2.87. The molecule has 5 heteroatoms. The molecular formula is C25H26N4O. The van der Waals surface area contributed by atoms with Crippen molar-refractivity contribution in [2.75, 3.05) is 5.32 Å². The van der Waals surface area contributed by atoms with Gasteiger partial charge in [-0.15, -0.1) is 0 Å². The summed E-state index contributed by atoms with van der Waals surface area (Å²) in [4.78, 5) is 21.5. The van der Waals surface area contributed by atoms with E-state index in [4.69, 9.17) is 10.7 Å². The van der Waals surface area contributed by atoms with Crippen LogP contribution in [0.25, 0.3) is 22.0 Å². The predicted octanol–water partition coefficient (Wildman–Crippen LogP) is 4.27. The van der Waals surface area contributed by atoms with E-state index in [-0.39, 0.29) is 5.91 Å². The highest BCUT2D eigenvalue weighted by molar-refractivity contribution is 5.97. The molecule has 2 fully saturated rings. The molecule has 6 rings (SSSR count). The van der Waals surface area contributed by atoms with Crippen molar-refractivity contribution >= 4 is 22.5 Å². The highest BCUT2D eigenvalue weighted by atomic mass is 16.1. The maximum absolute atomic E-state index is 12.0. The summed E-state index contributed by atoms with van der Waals surface area (Å²) in [5.74, 6) is -0.266. The summed E-state index contributed by atoms with van der Waals surface area (Å²) in [6, 6.07) is 11.2. The molecule has 2 saturated carbocycles. The smallest absolute Gasteiger partial charge is 0.229 e. The maximum atomic E-state index is 12.0. The number of nitrogens with two attached hydrogens (primary N) is 1. The average molecular weight is 399 g/mol. The minimum Gasteiger partial charge on any atom is -0.381 e. The van der Waals surface area contributed by atoms with Gasteiger partial charge in [-0.2, -0.15) is 0 Å². The molecule has 0 aliphatic heterocycles. The van der Waals surface area contributed by atoms with Crippen LogP contribution in [0.3, 0.4) is 0 Å². The van der Waals surface area contributed by atoms with E-state index in [0.717, 1.165) is 48.0 Å². The molecule has 0 radical (unpaired) electrons. The van der Waals surface area contributed by atoms with Crippen LogP contribution in [0, 0.1) is 0 Å². The van der Waals surface area contributed by atoms with E-state index < -0.39 is 5.41 Å². The van der Waals surface area contributed by atoms with Crippen molar-refractivity contribution in [3.63, 3.8) is 0 Å². The summed E-state index contributed by atoms with van der Waals surface area (Å²) in [6.45, 7) is 0. The Morgan fingerprint density at radius 2 is 1.87 bits per heavy atom. The number of carbonyl (C=O) groups is 1. The summed E-state index contributed by atoms with van der Waals surface area (Å²) in [5, 5.41) is 5.02. The Balaban J connectivity index is 1.48. The Kier molecular flexibility index (Phi) is 3.89. The van der Waals surface area contributed by atoms with E-state index in [1.165, 1.54) is 48.0 Å². The molecular weight excluding hydrogens is 372 g/mol. The Hall–Kier alpha value is -2.95. The number of amides is 1. The number of rotatable bonds is 5. The van der Waals surface area contributed by atoms with Crippen molar-refractivity contribution in [3.8, 4) is 11.1 Å². The third-order valence-corrected chi connectivity index (χ3v) is 6.99. The fourth-order valence-electron chi connectivity index (χ4n) is 4.83. The number of fused-ring (bicyclic) bond motifs is 2. The topological polar surface area (TPSA) is 80.9 Å². The molecule has 2 aromatic heterocycles. The summed E-state index contributed by atoms with van der Waals surface area (Å²) in [6.07, 6.45) is 10.5. The lowest BCUT2D eigenvalue weighted by Crippen LogP contribution is -2.29. The summed E-state index contributed by atoms with van der Waals surface area (Å²) in [7, 11) is 0. The molecule has 3 aromatic rings. The maximum Gasteiger partial charge on any atom is 0.229 e. The van der Waals surface area contributed by atoms with Crippen LogP contribution in [0.4, 0.5) is 5.69 Å². The van der Waals surface area contributed by atoms with Crippen LogP contribution in [-0.4, -0.2) is 21.9 Å². The number of anilines is 1. The Labute approximate surface area is 176 Å². The van der Waals surface area contributed by atoms with Gasteiger partial charge < -0.3 is 11.1 Å². The van der Waals surface area contributed by atoms with E-state index >= 15 is 0 Å². The highest BCUT2D eigenvalue weighted by Crippen LogP contribution is 2.47. The van der Waals surface area contributed by atoms with Crippen molar-refractivity contribution in [3.05, 3.63) is 53.5 Å². The number of hydrogen-bond donors (Lipinski definition) is 2. The molecule has 3 N–H and O–H groups in total. The monoisotopic (exact) mass is 398 g/mol. The average Bonchev–Trinajstić information content (AvgIpc) is 3.68. The second kappa shape index (κ2) is 6.53. The fraction of sp³-hybridized carbons (Fsp3) is 0.400. The predicted molar refractivity (Wildman–Crippen MR) is 118 cm³/mol. The Morgan fingerprint density at radius 3 is 2.63 bits per heavy atom. The third-order valence-electron chi connectivity index (χ3n) is 6.99. The molecule has 2 heterocycles. The van der Waals surface area contributed by atoms with Crippen LogP contribution in [0.1, 0.15) is 55.5 Å². The second-order valence-corrected chi connectivity index (χ2v) is 9.15. The first-order chi connectivity index (χ1) is 14.6. The van der Waals surface area contributed by atoms with Crippen molar-refractivity contribution in [2.45, 2.75) is 62.8 Å². The standard InChI is InChI=1S/C25H26N4O/c26-24(30)25(10-11-25)22-14-16(9-12-27-22)15-5-8-21-19(13-15)23(28-17-6-7-17)18-3-1-2-4-20(18)29-21/h5,8-9,12-14,17H,1-4,6-7,10-11H2,(H2,26,30)(H,28,29). The Bertz CT molecular complexity index is 1180. The number of pyridine rings is 2. The van der Waals surface area contributed by atoms with E-state index in [1.54, 1.807) is 6.20 Å². The van der Waals surface area contributed by atoms with Crippen molar-refractivity contribution < 1.29 is 4.79 Å². The number of aromatic nitrogens is 2. The molecule has 0 bridgehead atoms. The first kappa shape index (κ1) is 17.9. The van der Waals surface area contributed by atoms with E-state index in [9.17, 15) is 4.79 Å². The summed E-state index contributed by atoms with van der Waals surface area (Å²) in [5.41, 5.74) is 13.2. The van der Waals surface area contributed by atoms with Gasteiger partial charge in [0.2, 0.25) is 5.91 Å². The number of carbonyl (C=O) groups excluding carboxylic acids is 1. The van der Waals surface area contributed by atoms with E-state index in [2.05, 4.69) is 28.5 Å².